The summed E-state index contributed by atoms with van der Waals surface area (Å²) in [6.07, 6.45) is 1.75. The highest BCUT2D eigenvalue weighted by Crippen LogP contribution is 2.30. The van der Waals surface area contributed by atoms with Crippen LogP contribution in [0.2, 0.25) is 0 Å². The van der Waals surface area contributed by atoms with Crippen LogP contribution in [0.3, 0.4) is 0 Å². The van der Waals surface area contributed by atoms with Crippen LogP contribution < -0.4 is 26.1 Å². The molecule has 42 heavy (non-hydrogen) atoms. The van der Waals surface area contributed by atoms with Crippen molar-refractivity contribution in [1.82, 2.24) is 31.3 Å². The molecule has 3 rings (SSSR count). The van der Waals surface area contributed by atoms with E-state index in [-0.39, 0.29) is 35.3 Å². The lowest BCUT2D eigenvalue weighted by Crippen LogP contribution is -2.49. The Hall–Kier alpha value is -2.74. The number of hydrogen-bond acceptors (Lipinski definition) is 8. The molecular weight excluding hydrogens is 593 g/mol. The number of nitrogens with one attached hydrogen (secondary N) is 4. The van der Waals surface area contributed by atoms with E-state index in [1.165, 1.54) is 29.8 Å². The normalized spacial score (nSPS) is 16.0. The second-order valence-corrected chi connectivity index (χ2v) is 14.0. The van der Waals surface area contributed by atoms with Gasteiger partial charge in [-0.15, -0.1) is 22.7 Å². The standard InChI is InChI=1S/C29H44N6O4S3/c1-17(2)14-21(25(36)30-11-9-12-35-28(40)34(7)33-29(35,5)6)32-27(38)24-22(39-8)16-20(42-24)15-19(4)31-26(37)23-18(3)10-13-41-23/h10,13,16-17,19,21,33H,9,11-12,14-15H2,1-8H3,(H,30,36)(H,31,37)(H,32,38). The molecule has 2 aromatic rings. The van der Waals surface area contributed by atoms with Crippen molar-refractivity contribution in [2.24, 2.45) is 5.92 Å². The van der Waals surface area contributed by atoms with Crippen LogP contribution in [0.4, 0.5) is 0 Å². The van der Waals surface area contributed by atoms with Crippen molar-refractivity contribution in [1.29, 1.82) is 0 Å². The van der Waals surface area contributed by atoms with E-state index in [9.17, 15) is 14.4 Å². The SMILES string of the molecule is COc1cc(CC(C)NC(=O)c2sccc2C)sc1C(=O)NC(CC(C)C)C(=O)NCCCN1C(=S)N(C)NC1(C)C. The molecule has 2 aromatic heterocycles. The minimum absolute atomic E-state index is 0.102. The first kappa shape index (κ1) is 33.8. The molecule has 1 saturated heterocycles. The molecule has 0 radical (unpaired) electrons. The smallest absolute Gasteiger partial charge is 0.265 e. The number of ether oxygens (including phenoxy) is 1. The molecule has 2 unspecified atom stereocenters. The number of methoxy groups -OCH3 is 1. The first-order valence-corrected chi connectivity index (χ1v) is 16.3. The van der Waals surface area contributed by atoms with Crippen molar-refractivity contribution in [3.05, 3.63) is 37.7 Å². The average Bonchev–Trinajstić information content (AvgIpc) is 3.57. The van der Waals surface area contributed by atoms with Crippen LogP contribution in [0.25, 0.3) is 0 Å². The molecule has 0 saturated carbocycles. The fourth-order valence-electron chi connectivity index (χ4n) is 4.89. The van der Waals surface area contributed by atoms with E-state index in [0.29, 0.717) is 47.9 Å². The number of amides is 3. The largest absolute Gasteiger partial charge is 0.495 e. The van der Waals surface area contributed by atoms with E-state index in [0.717, 1.165) is 15.6 Å². The van der Waals surface area contributed by atoms with Gasteiger partial charge in [-0.05, 0) is 81.7 Å². The molecule has 13 heteroatoms. The molecule has 3 amide bonds. The summed E-state index contributed by atoms with van der Waals surface area (Å²) in [6.45, 7) is 13.1. The van der Waals surface area contributed by atoms with E-state index >= 15 is 0 Å². The summed E-state index contributed by atoms with van der Waals surface area (Å²) < 4.78 is 5.51. The van der Waals surface area contributed by atoms with E-state index in [4.69, 9.17) is 17.0 Å². The molecule has 2 atom stereocenters. The lowest BCUT2D eigenvalue weighted by Gasteiger charge is -2.30. The minimum atomic E-state index is -0.683. The van der Waals surface area contributed by atoms with Gasteiger partial charge in [0.15, 0.2) is 5.11 Å². The topological polar surface area (TPSA) is 115 Å². The number of nitrogens with zero attached hydrogens (tertiary/aromatic N) is 2. The molecule has 10 nitrogen and oxygen atoms in total. The zero-order chi connectivity index (χ0) is 31.2. The van der Waals surface area contributed by atoms with Crippen LogP contribution in [-0.4, -0.2) is 77.7 Å². The van der Waals surface area contributed by atoms with E-state index in [2.05, 4.69) is 40.1 Å². The third kappa shape index (κ3) is 8.65. The maximum absolute atomic E-state index is 13.4. The fraction of sp³-hybridized carbons (Fsp3) is 0.586. The number of hydrogen-bond donors (Lipinski definition) is 4. The number of hydrazine groups is 1. The van der Waals surface area contributed by atoms with Crippen molar-refractivity contribution in [3.63, 3.8) is 0 Å². The molecule has 232 valence electrons. The number of carbonyl (C=O) groups is 3. The van der Waals surface area contributed by atoms with Crippen molar-refractivity contribution in [2.75, 3.05) is 27.2 Å². The molecule has 0 bridgehead atoms. The first-order valence-electron chi connectivity index (χ1n) is 14.2. The molecular formula is C29H44N6O4S3. The molecule has 0 aliphatic carbocycles. The van der Waals surface area contributed by atoms with Crippen molar-refractivity contribution >= 4 is 57.7 Å². The molecule has 1 aliphatic rings. The highest BCUT2D eigenvalue weighted by atomic mass is 32.1. The summed E-state index contributed by atoms with van der Waals surface area (Å²) in [6, 6.07) is 2.92. The number of thiocarbonyl (C=S) groups is 1. The van der Waals surface area contributed by atoms with Crippen LogP contribution >= 0.6 is 34.9 Å². The van der Waals surface area contributed by atoms with Crippen LogP contribution in [0.5, 0.6) is 5.75 Å². The van der Waals surface area contributed by atoms with Gasteiger partial charge in [-0.2, -0.15) is 0 Å². The molecule has 1 fully saturated rings. The van der Waals surface area contributed by atoms with Crippen LogP contribution in [0.1, 0.15) is 77.2 Å². The van der Waals surface area contributed by atoms with Gasteiger partial charge in [-0.1, -0.05) is 13.8 Å². The maximum Gasteiger partial charge on any atom is 0.265 e. The zero-order valence-electron chi connectivity index (χ0n) is 25.8. The van der Waals surface area contributed by atoms with Gasteiger partial charge in [0.05, 0.1) is 12.0 Å². The van der Waals surface area contributed by atoms with Gasteiger partial charge in [0.2, 0.25) is 5.91 Å². The molecule has 1 aliphatic heterocycles. The van der Waals surface area contributed by atoms with E-state index < -0.39 is 6.04 Å². The summed E-state index contributed by atoms with van der Waals surface area (Å²) in [5.41, 5.74) is 3.97. The monoisotopic (exact) mass is 636 g/mol. The fourth-order valence-corrected chi connectivity index (χ4v) is 7.24. The second-order valence-electron chi connectivity index (χ2n) is 11.6. The third-order valence-corrected chi connectivity index (χ3v) is 9.60. The number of carbonyl (C=O) groups excluding carboxylic acids is 3. The molecule has 4 N–H and O–H groups in total. The Morgan fingerprint density at radius 3 is 2.40 bits per heavy atom. The van der Waals surface area contributed by atoms with Crippen molar-refractivity contribution < 1.29 is 19.1 Å². The third-order valence-electron chi connectivity index (χ3n) is 6.95. The molecule has 3 heterocycles. The summed E-state index contributed by atoms with van der Waals surface area (Å²) in [5, 5.41) is 13.4. The highest BCUT2D eigenvalue weighted by molar-refractivity contribution is 7.80. The Balaban J connectivity index is 1.58. The van der Waals surface area contributed by atoms with Crippen LogP contribution in [0, 0.1) is 12.8 Å². The predicted molar refractivity (Wildman–Crippen MR) is 173 cm³/mol. The Morgan fingerprint density at radius 2 is 1.83 bits per heavy atom. The van der Waals surface area contributed by atoms with Gasteiger partial charge in [-0.3, -0.25) is 19.4 Å². The summed E-state index contributed by atoms with van der Waals surface area (Å²) >= 11 is 8.24. The number of aryl methyl sites for hydroxylation is 1. The second kappa shape index (κ2) is 14.6. The first-order chi connectivity index (χ1) is 19.7. The summed E-state index contributed by atoms with van der Waals surface area (Å²) in [5.74, 6) is -0.0243. The highest BCUT2D eigenvalue weighted by Gasteiger charge is 2.37. The maximum atomic E-state index is 13.4. The van der Waals surface area contributed by atoms with Gasteiger partial charge in [-0.25, -0.2) is 5.43 Å². The Bertz CT molecular complexity index is 1270. The lowest BCUT2D eigenvalue weighted by molar-refractivity contribution is -0.123. The van der Waals surface area contributed by atoms with Gasteiger partial charge >= 0.3 is 0 Å². The summed E-state index contributed by atoms with van der Waals surface area (Å²) in [7, 11) is 3.41. The molecule has 0 aromatic carbocycles. The quantitative estimate of drug-likeness (QED) is 0.182. The van der Waals surface area contributed by atoms with Gasteiger partial charge in [0.1, 0.15) is 22.3 Å². The lowest BCUT2D eigenvalue weighted by atomic mass is 10.0. The Labute approximate surface area is 262 Å². The minimum Gasteiger partial charge on any atom is -0.495 e. The van der Waals surface area contributed by atoms with E-state index in [1.54, 1.807) is 0 Å². The van der Waals surface area contributed by atoms with Crippen molar-refractivity contribution in [2.45, 2.75) is 78.6 Å². The van der Waals surface area contributed by atoms with Gasteiger partial charge in [0.25, 0.3) is 11.8 Å². The van der Waals surface area contributed by atoms with Crippen LogP contribution in [0.15, 0.2) is 17.5 Å². The van der Waals surface area contributed by atoms with Gasteiger partial charge in [0, 0.05) is 37.5 Å². The average molecular weight is 637 g/mol. The molecule has 0 spiro atoms. The number of rotatable bonds is 14. The Morgan fingerprint density at radius 1 is 1.14 bits per heavy atom. The predicted octanol–water partition coefficient (Wildman–Crippen LogP) is 3.91. The zero-order valence-corrected chi connectivity index (χ0v) is 28.2. The van der Waals surface area contributed by atoms with Crippen molar-refractivity contribution in [3.8, 4) is 5.75 Å². The summed E-state index contributed by atoms with van der Waals surface area (Å²) in [4.78, 5) is 43.3. The van der Waals surface area contributed by atoms with E-state index in [1.807, 2.05) is 57.3 Å². The van der Waals surface area contributed by atoms with Crippen LogP contribution in [-0.2, 0) is 11.2 Å². The number of thiophene rings is 2. The van der Waals surface area contributed by atoms with Gasteiger partial charge < -0.3 is 25.6 Å². The Kier molecular flexibility index (Phi) is 11.8.